The van der Waals surface area contributed by atoms with E-state index in [1.54, 1.807) is 12.1 Å². The fourth-order valence-electron chi connectivity index (χ4n) is 3.28. The van der Waals surface area contributed by atoms with Crippen LogP contribution in [-0.2, 0) is 16.0 Å². The molecule has 0 radical (unpaired) electrons. The summed E-state index contributed by atoms with van der Waals surface area (Å²) in [6.45, 7) is 0.861. The van der Waals surface area contributed by atoms with Crippen LogP contribution in [0.2, 0.25) is 5.02 Å². The Bertz CT molecular complexity index is 785. The number of aryl methyl sites for hydroxylation is 1. The van der Waals surface area contributed by atoms with Gasteiger partial charge in [0.2, 0.25) is 23.5 Å². The molecule has 1 heterocycles. The lowest BCUT2D eigenvalue weighted by molar-refractivity contribution is -0.126. The van der Waals surface area contributed by atoms with Gasteiger partial charge in [0, 0.05) is 42.4 Å². The van der Waals surface area contributed by atoms with Crippen molar-refractivity contribution in [2.75, 3.05) is 13.1 Å². The van der Waals surface area contributed by atoms with Crippen LogP contribution in [0.4, 0.5) is 0 Å². The van der Waals surface area contributed by atoms with E-state index in [1.807, 2.05) is 12.1 Å². The predicted octanol–water partition coefficient (Wildman–Crippen LogP) is 3.14. The molecule has 1 aliphatic carbocycles. The van der Waals surface area contributed by atoms with E-state index in [0.717, 1.165) is 31.2 Å². The standard InChI is InChI=1S/C20H25ClN4O3/c21-16-8-6-14(7-9-16)19-24-18(28-25-19)11-10-17(26)22-12-13-23-20(27)15-4-2-1-3-5-15/h6-9,15H,1-5,10-13H2,(H,22,26)(H,23,27). The van der Waals surface area contributed by atoms with Gasteiger partial charge < -0.3 is 15.2 Å². The fourth-order valence-corrected chi connectivity index (χ4v) is 3.40. The van der Waals surface area contributed by atoms with Crippen molar-refractivity contribution in [1.29, 1.82) is 0 Å². The first-order valence-electron chi connectivity index (χ1n) is 9.75. The molecule has 150 valence electrons. The van der Waals surface area contributed by atoms with E-state index >= 15 is 0 Å². The molecule has 0 bridgehead atoms. The Balaban J connectivity index is 1.33. The van der Waals surface area contributed by atoms with E-state index < -0.39 is 0 Å². The second-order valence-corrected chi connectivity index (χ2v) is 7.43. The fraction of sp³-hybridized carbons (Fsp3) is 0.500. The zero-order chi connectivity index (χ0) is 19.8. The maximum Gasteiger partial charge on any atom is 0.227 e. The number of hydrogen-bond donors (Lipinski definition) is 2. The molecule has 2 amide bonds. The number of benzene rings is 1. The summed E-state index contributed by atoms with van der Waals surface area (Å²) in [5.74, 6) is 1.01. The molecular weight excluding hydrogens is 380 g/mol. The third-order valence-electron chi connectivity index (χ3n) is 4.86. The van der Waals surface area contributed by atoms with E-state index in [0.29, 0.717) is 36.2 Å². The number of amides is 2. The zero-order valence-corrected chi connectivity index (χ0v) is 16.5. The van der Waals surface area contributed by atoms with Gasteiger partial charge in [-0.3, -0.25) is 9.59 Å². The lowest BCUT2D eigenvalue weighted by Gasteiger charge is -2.20. The molecular formula is C20H25ClN4O3. The maximum atomic E-state index is 12.0. The summed E-state index contributed by atoms with van der Waals surface area (Å²) < 4.78 is 5.19. The smallest absolute Gasteiger partial charge is 0.227 e. The molecule has 1 aliphatic rings. The van der Waals surface area contributed by atoms with E-state index in [2.05, 4.69) is 20.8 Å². The highest BCUT2D eigenvalue weighted by Gasteiger charge is 2.20. The highest BCUT2D eigenvalue weighted by atomic mass is 35.5. The molecule has 1 fully saturated rings. The zero-order valence-electron chi connectivity index (χ0n) is 15.7. The van der Waals surface area contributed by atoms with Crippen LogP contribution in [0.25, 0.3) is 11.4 Å². The first-order valence-corrected chi connectivity index (χ1v) is 10.1. The van der Waals surface area contributed by atoms with Gasteiger partial charge in [-0.15, -0.1) is 0 Å². The quantitative estimate of drug-likeness (QED) is 0.659. The Kier molecular flexibility index (Phi) is 7.42. The summed E-state index contributed by atoms with van der Waals surface area (Å²) in [4.78, 5) is 28.3. The van der Waals surface area contributed by atoms with Gasteiger partial charge in [0.25, 0.3) is 0 Å². The molecule has 2 aromatic rings. The third-order valence-corrected chi connectivity index (χ3v) is 5.11. The van der Waals surface area contributed by atoms with Crippen molar-refractivity contribution in [3.05, 3.63) is 35.2 Å². The van der Waals surface area contributed by atoms with Crippen molar-refractivity contribution in [3.8, 4) is 11.4 Å². The van der Waals surface area contributed by atoms with Crippen LogP contribution in [0.1, 0.15) is 44.4 Å². The van der Waals surface area contributed by atoms with E-state index in [4.69, 9.17) is 16.1 Å². The Morgan fingerprint density at radius 2 is 1.79 bits per heavy atom. The Morgan fingerprint density at radius 3 is 2.54 bits per heavy atom. The molecule has 1 saturated carbocycles. The van der Waals surface area contributed by atoms with Crippen molar-refractivity contribution in [2.24, 2.45) is 5.92 Å². The number of carbonyl (C=O) groups is 2. The van der Waals surface area contributed by atoms with Crippen LogP contribution >= 0.6 is 11.6 Å². The SMILES string of the molecule is O=C(CCc1nc(-c2ccc(Cl)cc2)no1)NCCNC(=O)C1CCCCC1. The molecule has 2 N–H and O–H groups in total. The van der Waals surface area contributed by atoms with Crippen LogP contribution in [0, 0.1) is 5.92 Å². The molecule has 1 aromatic carbocycles. The topological polar surface area (TPSA) is 97.1 Å². The van der Waals surface area contributed by atoms with Gasteiger partial charge in [-0.25, -0.2) is 0 Å². The number of carbonyl (C=O) groups excluding carboxylic acids is 2. The number of aromatic nitrogens is 2. The Hall–Kier alpha value is -2.41. The Morgan fingerprint density at radius 1 is 1.07 bits per heavy atom. The highest BCUT2D eigenvalue weighted by Crippen LogP contribution is 2.23. The van der Waals surface area contributed by atoms with Crippen molar-refractivity contribution in [1.82, 2.24) is 20.8 Å². The molecule has 28 heavy (non-hydrogen) atoms. The molecule has 0 aliphatic heterocycles. The third kappa shape index (κ3) is 6.05. The highest BCUT2D eigenvalue weighted by molar-refractivity contribution is 6.30. The first kappa shape index (κ1) is 20.3. The summed E-state index contributed by atoms with van der Waals surface area (Å²) in [6.07, 6.45) is 6.04. The largest absolute Gasteiger partial charge is 0.354 e. The van der Waals surface area contributed by atoms with Gasteiger partial charge in [0.15, 0.2) is 0 Å². The molecule has 1 aromatic heterocycles. The lowest BCUT2D eigenvalue weighted by Crippen LogP contribution is -2.38. The van der Waals surface area contributed by atoms with Crippen LogP contribution < -0.4 is 10.6 Å². The van der Waals surface area contributed by atoms with Crippen molar-refractivity contribution in [2.45, 2.75) is 44.9 Å². The van der Waals surface area contributed by atoms with Crippen molar-refractivity contribution < 1.29 is 14.1 Å². The van der Waals surface area contributed by atoms with Gasteiger partial charge in [0.1, 0.15) is 0 Å². The van der Waals surface area contributed by atoms with Crippen LogP contribution in [-0.4, -0.2) is 35.0 Å². The van der Waals surface area contributed by atoms with E-state index in [9.17, 15) is 9.59 Å². The van der Waals surface area contributed by atoms with Crippen LogP contribution in [0.5, 0.6) is 0 Å². The summed E-state index contributed by atoms with van der Waals surface area (Å²) in [7, 11) is 0. The average Bonchev–Trinajstić information content (AvgIpc) is 3.20. The predicted molar refractivity (Wildman–Crippen MR) is 106 cm³/mol. The second kappa shape index (κ2) is 10.2. The van der Waals surface area contributed by atoms with Gasteiger partial charge in [-0.1, -0.05) is 36.0 Å². The van der Waals surface area contributed by atoms with Gasteiger partial charge in [-0.05, 0) is 37.1 Å². The molecule has 0 atom stereocenters. The number of nitrogens with one attached hydrogen (secondary N) is 2. The lowest BCUT2D eigenvalue weighted by atomic mass is 9.89. The van der Waals surface area contributed by atoms with Crippen molar-refractivity contribution in [3.63, 3.8) is 0 Å². The van der Waals surface area contributed by atoms with Gasteiger partial charge >= 0.3 is 0 Å². The molecule has 3 rings (SSSR count). The summed E-state index contributed by atoms with van der Waals surface area (Å²) >= 11 is 5.87. The molecule has 0 unspecified atom stereocenters. The van der Waals surface area contributed by atoms with Crippen LogP contribution in [0.3, 0.4) is 0 Å². The molecule has 8 heteroatoms. The molecule has 0 saturated heterocycles. The van der Waals surface area contributed by atoms with Gasteiger partial charge in [0.05, 0.1) is 0 Å². The van der Waals surface area contributed by atoms with E-state index in [-0.39, 0.29) is 24.2 Å². The summed E-state index contributed by atoms with van der Waals surface area (Å²) in [5, 5.41) is 10.3. The number of hydrogen-bond acceptors (Lipinski definition) is 5. The minimum absolute atomic E-state index is 0.106. The number of nitrogens with zero attached hydrogens (tertiary/aromatic N) is 2. The molecule has 7 nitrogen and oxygen atoms in total. The number of rotatable bonds is 8. The van der Waals surface area contributed by atoms with Gasteiger partial charge in [-0.2, -0.15) is 4.98 Å². The first-order chi connectivity index (χ1) is 13.6. The number of halogens is 1. The second-order valence-electron chi connectivity index (χ2n) is 6.99. The molecule has 0 spiro atoms. The van der Waals surface area contributed by atoms with Crippen LogP contribution in [0.15, 0.2) is 28.8 Å². The monoisotopic (exact) mass is 404 g/mol. The maximum absolute atomic E-state index is 12.0. The Labute approximate surface area is 169 Å². The minimum Gasteiger partial charge on any atom is -0.354 e. The normalized spacial score (nSPS) is 14.6. The average molecular weight is 405 g/mol. The van der Waals surface area contributed by atoms with Crippen molar-refractivity contribution >= 4 is 23.4 Å². The van der Waals surface area contributed by atoms with E-state index in [1.165, 1.54) is 6.42 Å². The summed E-state index contributed by atoms with van der Waals surface area (Å²) in [5.41, 5.74) is 0.803. The minimum atomic E-state index is -0.113. The summed E-state index contributed by atoms with van der Waals surface area (Å²) in [6, 6.07) is 7.14.